The van der Waals surface area contributed by atoms with Gasteiger partial charge in [0.1, 0.15) is 18.2 Å². The smallest absolute Gasteiger partial charge is 0.313 e. The molecule has 0 spiro atoms. The Hall–Kier alpha value is -2.93. The number of esters is 1. The van der Waals surface area contributed by atoms with E-state index in [0.29, 0.717) is 17.0 Å². The van der Waals surface area contributed by atoms with Gasteiger partial charge in [0.15, 0.2) is 6.10 Å². The maximum atomic E-state index is 13.0. The lowest BCUT2D eigenvalue weighted by Gasteiger charge is -2.24. The summed E-state index contributed by atoms with van der Waals surface area (Å²) >= 11 is 6.01. The first-order chi connectivity index (χ1) is 13.5. The van der Waals surface area contributed by atoms with Crippen LogP contribution in [0.2, 0.25) is 5.02 Å². The molecule has 0 aliphatic carbocycles. The molecule has 1 aliphatic heterocycles. The fourth-order valence-corrected chi connectivity index (χ4v) is 3.14. The fourth-order valence-electron chi connectivity index (χ4n) is 2.94. The molecule has 6 nitrogen and oxygen atoms in total. The molecule has 1 aliphatic rings. The summed E-state index contributed by atoms with van der Waals surface area (Å²) in [6, 6.07) is 11.0. The highest BCUT2D eigenvalue weighted by atomic mass is 35.5. The Balaban J connectivity index is 1.42. The van der Waals surface area contributed by atoms with Crippen molar-refractivity contribution in [1.29, 1.82) is 0 Å². The number of fused-ring (bicyclic) bond motifs is 1. The van der Waals surface area contributed by atoms with Crippen molar-refractivity contribution in [3.8, 4) is 17.2 Å². The average molecular weight is 403 g/mol. The summed E-state index contributed by atoms with van der Waals surface area (Å²) in [5.41, 5.74) is 1.44. The van der Waals surface area contributed by atoms with Crippen LogP contribution in [0.25, 0.3) is 11.5 Å². The predicted molar refractivity (Wildman–Crippen MR) is 98.3 cm³/mol. The van der Waals surface area contributed by atoms with Crippen molar-refractivity contribution in [2.24, 2.45) is 5.92 Å². The Kier molecular flexibility index (Phi) is 5.00. The van der Waals surface area contributed by atoms with Crippen molar-refractivity contribution >= 4 is 17.6 Å². The molecule has 0 unspecified atom stereocenters. The molecule has 3 aromatic rings. The fraction of sp³-hybridized carbons (Fsp3) is 0.250. The first-order valence-corrected chi connectivity index (χ1v) is 9.08. The van der Waals surface area contributed by atoms with Crippen LogP contribution in [0.3, 0.4) is 0 Å². The highest BCUT2D eigenvalue weighted by molar-refractivity contribution is 6.30. The molecule has 1 aromatic heterocycles. The molecule has 0 saturated carbocycles. The highest BCUT2D eigenvalue weighted by Crippen LogP contribution is 2.31. The normalized spacial score (nSPS) is 16.8. The quantitative estimate of drug-likeness (QED) is 0.603. The van der Waals surface area contributed by atoms with E-state index in [0.717, 1.165) is 11.3 Å². The molecule has 0 saturated heterocycles. The monoisotopic (exact) mass is 402 g/mol. The molecule has 0 amide bonds. The van der Waals surface area contributed by atoms with Gasteiger partial charge in [-0.2, -0.15) is 0 Å². The van der Waals surface area contributed by atoms with Gasteiger partial charge in [0.05, 0.1) is 5.92 Å². The number of ether oxygens (including phenoxy) is 2. The minimum atomic E-state index is -0.727. The third-order valence-electron chi connectivity index (χ3n) is 4.43. The van der Waals surface area contributed by atoms with E-state index in [1.807, 2.05) is 0 Å². The highest BCUT2D eigenvalue weighted by Gasteiger charge is 2.30. The van der Waals surface area contributed by atoms with E-state index in [1.165, 1.54) is 24.3 Å². The van der Waals surface area contributed by atoms with Crippen molar-refractivity contribution in [1.82, 2.24) is 10.2 Å². The lowest BCUT2D eigenvalue weighted by Crippen LogP contribution is -2.30. The molecule has 0 radical (unpaired) electrons. The number of halogens is 2. The summed E-state index contributed by atoms with van der Waals surface area (Å²) in [5.74, 6) is -0.117. The average Bonchev–Trinajstić information content (AvgIpc) is 3.18. The molecule has 4 rings (SSSR count). The van der Waals surface area contributed by atoms with Crippen LogP contribution in [0.15, 0.2) is 46.9 Å². The van der Waals surface area contributed by atoms with Crippen LogP contribution in [-0.4, -0.2) is 22.8 Å². The third kappa shape index (κ3) is 3.84. The molecule has 0 N–H and O–H groups in total. The van der Waals surface area contributed by atoms with E-state index in [2.05, 4.69) is 10.2 Å². The lowest BCUT2D eigenvalue weighted by atomic mass is 9.97. The van der Waals surface area contributed by atoms with Crippen molar-refractivity contribution in [3.05, 3.63) is 64.8 Å². The Morgan fingerprint density at radius 1 is 1.25 bits per heavy atom. The van der Waals surface area contributed by atoms with E-state index < -0.39 is 18.0 Å². The standard InChI is InChI=1S/C20H16ClFN2O4/c1-11(18-23-24-19(28-18)12-2-5-16(22)6-3-12)27-20(25)14-8-13-9-15(21)4-7-17(13)26-10-14/h2-7,9,11,14H,8,10H2,1H3/t11-,14-/m0/s1. The second kappa shape index (κ2) is 7.59. The van der Waals surface area contributed by atoms with Gasteiger partial charge < -0.3 is 13.9 Å². The van der Waals surface area contributed by atoms with E-state index in [1.54, 1.807) is 25.1 Å². The topological polar surface area (TPSA) is 74.5 Å². The maximum absolute atomic E-state index is 13.0. The molecule has 2 aromatic carbocycles. The Labute approximate surface area is 165 Å². The minimum Gasteiger partial charge on any atom is -0.492 e. The second-order valence-electron chi connectivity index (χ2n) is 6.50. The molecule has 2 atom stereocenters. The Bertz CT molecular complexity index is 1010. The van der Waals surface area contributed by atoms with Crippen molar-refractivity contribution in [3.63, 3.8) is 0 Å². The summed E-state index contributed by atoms with van der Waals surface area (Å²) in [6.45, 7) is 1.87. The first kappa shape index (κ1) is 18.4. The zero-order chi connectivity index (χ0) is 19.7. The van der Waals surface area contributed by atoms with Gasteiger partial charge >= 0.3 is 5.97 Å². The van der Waals surface area contributed by atoms with E-state index in [-0.39, 0.29) is 24.2 Å². The predicted octanol–water partition coefficient (Wildman–Crippen LogP) is 4.38. The number of aromatic nitrogens is 2. The van der Waals surface area contributed by atoms with Gasteiger partial charge in [0.2, 0.25) is 5.89 Å². The molecule has 28 heavy (non-hydrogen) atoms. The van der Waals surface area contributed by atoms with Gasteiger partial charge in [0, 0.05) is 10.6 Å². The van der Waals surface area contributed by atoms with Gasteiger partial charge in [-0.1, -0.05) is 11.6 Å². The Morgan fingerprint density at radius 3 is 2.82 bits per heavy atom. The number of rotatable bonds is 4. The summed E-state index contributed by atoms with van der Waals surface area (Å²) in [4.78, 5) is 12.5. The van der Waals surface area contributed by atoms with Gasteiger partial charge in [-0.25, -0.2) is 4.39 Å². The van der Waals surface area contributed by atoms with Crippen LogP contribution in [0.1, 0.15) is 24.5 Å². The van der Waals surface area contributed by atoms with Gasteiger partial charge in [0.25, 0.3) is 5.89 Å². The second-order valence-corrected chi connectivity index (χ2v) is 6.93. The van der Waals surface area contributed by atoms with Crippen LogP contribution >= 0.6 is 11.6 Å². The van der Waals surface area contributed by atoms with Crippen molar-refractivity contribution in [2.75, 3.05) is 6.61 Å². The van der Waals surface area contributed by atoms with Crippen LogP contribution in [0.4, 0.5) is 4.39 Å². The Morgan fingerprint density at radius 2 is 2.04 bits per heavy atom. The van der Waals surface area contributed by atoms with Gasteiger partial charge in [-0.05, 0) is 61.4 Å². The van der Waals surface area contributed by atoms with Gasteiger partial charge in [-0.15, -0.1) is 10.2 Å². The largest absolute Gasteiger partial charge is 0.492 e. The van der Waals surface area contributed by atoms with Crippen molar-refractivity contribution in [2.45, 2.75) is 19.4 Å². The van der Waals surface area contributed by atoms with Gasteiger partial charge in [-0.3, -0.25) is 4.79 Å². The van der Waals surface area contributed by atoms with Crippen LogP contribution in [0.5, 0.6) is 5.75 Å². The summed E-state index contributed by atoms with van der Waals surface area (Å²) in [5, 5.41) is 8.44. The van der Waals surface area contributed by atoms with E-state index >= 15 is 0 Å². The zero-order valence-electron chi connectivity index (χ0n) is 14.9. The molecule has 144 valence electrons. The number of hydrogen-bond donors (Lipinski definition) is 0. The van der Waals surface area contributed by atoms with Crippen LogP contribution in [-0.2, 0) is 16.0 Å². The number of benzene rings is 2. The molecular formula is C20H16ClFN2O4. The van der Waals surface area contributed by atoms with Crippen LogP contribution in [0, 0.1) is 11.7 Å². The molecule has 8 heteroatoms. The summed E-state index contributed by atoms with van der Waals surface area (Å²) < 4.78 is 29.7. The maximum Gasteiger partial charge on any atom is 0.313 e. The summed E-state index contributed by atoms with van der Waals surface area (Å²) in [7, 11) is 0. The molecule has 0 bridgehead atoms. The minimum absolute atomic E-state index is 0.160. The molecule has 0 fully saturated rings. The summed E-state index contributed by atoms with van der Waals surface area (Å²) in [6.07, 6.45) is -0.249. The zero-order valence-corrected chi connectivity index (χ0v) is 15.6. The number of hydrogen-bond acceptors (Lipinski definition) is 6. The van der Waals surface area contributed by atoms with E-state index in [4.69, 9.17) is 25.5 Å². The number of carbonyl (C=O) groups excluding carboxylic acids is 1. The molecule has 2 heterocycles. The SMILES string of the molecule is C[C@H](OC(=O)[C@@H]1COc2ccc(Cl)cc2C1)c1nnc(-c2ccc(F)cc2)o1. The first-order valence-electron chi connectivity index (χ1n) is 8.70. The lowest BCUT2D eigenvalue weighted by molar-refractivity contribution is -0.156. The van der Waals surface area contributed by atoms with Crippen molar-refractivity contribution < 1.29 is 23.1 Å². The molecular weight excluding hydrogens is 387 g/mol. The third-order valence-corrected chi connectivity index (χ3v) is 4.67. The number of nitrogens with zero attached hydrogens (tertiary/aromatic N) is 2. The van der Waals surface area contributed by atoms with Crippen LogP contribution < -0.4 is 4.74 Å². The number of carbonyl (C=O) groups is 1. The van der Waals surface area contributed by atoms with E-state index in [9.17, 15) is 9.18 Å².